The van der Waals surface area contributed by atoms with Gasteiger partial charge in [-0.2, -0.15) is 0 Å². The van der Waals surface area contributed by atoms with Crippen LogP contribution in [0, 0.1) is 11.6 Å². The summed E-state index contributed by atoms with van der Waals surface area (Å²) in [5.74, 6) is -0.657. The molecule has 4 nitrogen and oxygen atoms in total. The number of nitrogens with zero attached hydrogens (tertiary/aromatic N) is 1. The van der Waals surface area contributed by atoms with E-state index in [0.29, 0.717) is 26.2 Å². The van der Waals surface area contributed by atoms with E-state index in [2.05, 4.69) is 5.32 Å². The number of rotatable bonds is 6. The maximum atomic E-state index is 13.2. The second-order valence-corrected chi connectivity index (χ2v) is 5.57. The number of amides is 2. The zero-order chi connectivity index (χ0) is 16.9. The number of ether oxygens (including phenoxy) is 1. The van der Waals surface area contributed by atoms with Gasteiger partial charge in [0.25, 0.3) is 0 Å². The van der Waals surface area contributed by atoms with Crippen LogP contribution in [0.3, 0.4) is 0 Å². The third-order valence-corrected chi connectivity index (χ3v) is 3.94. The Morgan fingerprint density at radius 2 is 1.54 bits per heavy atom. The largest absolute Gasteiger partial charge is 0.367 e. The molecule has 0 saturated carbocycles. The van der Waals surface area contributed by atoms with Gasteiger partial charge in [0.2, 0.25) is 0 Å². The number of urea groups is 1. The summed E-state index contributed by atoms with van der Waals surface area (Å²) in [5, 5.41) is 2.73. The number of halogens is 2. The normalized spacial score (nSPS) is 14.3. The van der Waals surface area contributed by atoms with Gasteiger partial charge in [0.15, 0.2) is 0 Å². The Hall–Kier alpha value is -2.47. The topological polar surface area (TPSA) is 41.6 Å². The van der Waals surface area contributed by atoms with Crippen LogP contribution in [0.25, 0.3) is 0 Å². The molecule has 1 saturated heterocycles. The molecule has 0 aliphatic carbocycles. The smallest absolute Gasteiger partial charge is 0.317 e. The van der Waals surface area contributed by atoms with Crippen LogP contribution in [0.15, 0.2) is 48.5 Å². The second kappa shape index (κ2) is 7.40. The van der Waals surface area contributed by atoms with Crippen molar-refractivity contribution >= 4 is 6.03 Å². The summed E-state index contributed by atoms with van der Waals surface area (Å²) < 4.78 is 32.3. The van der Waals surface area contributed by atoms with E-state index in [1.807, 2.05) is 0 Å². The van der Waals surface area contributed by atoms with E-state index in [4.69, 9.17) is 4.74 Å². The Kier molecular flexibility index (Phi) is 5.05. The summed E-state index contributed by atoms with van der Waals surface area (Å²) in [5.41, 5.74) is 1.54. The molecule has 6 heteroatoms. The van der Waals surface area contributed by atoms with E-state index >= 15 is 0 Å². The summed E-state index contributed by atoms with van der Waals surface area (Å²) in [7, 11) is 0. The Labute approximate surface area is 139 Å². The molecule has 0 spiro atoms. The van der Waals surface area contributed by atoms with Gasteiger partial charge in [-0.05, 0) is 35.4 Å². The highest BCUT2D eigenvalue weighted by Gasteiger charge is 2.20. The standard InChI is InChI=1S/C18H18F2N2O2/c19-15-5-1-13(2-6-15)17(14-3-7-16(20)8-4-14)24-12-11-22-10-9-21-18(22)23/h1-8,17H,9-12H2,(H,21,23). The number of carbonyl (C=O) groups is 1. The lowest BCUT2D eigenvalue weighted by molar-refractivity contribution is 0.0687. The Balaban J connectivity index is 1.73. The molecule has 0 bridgehead atoms. The number of nitrogens with one attached hydrogen (secondary N) is 1. The van der Waals surface area contributed by atoms with Crippen molar-refractivity contribution in [3.63, 3.8) is 0 Å². The van der Waals surface area contributed by atoms with Gasteiger partial charge in [-0.3, -0.25) is 0 Å². The monoisotopic (exact) mass is 332 g/mol. The van der Waals surface area contributed by atoms with Crippen molar-refractivity contribution in [3.05, 3.63) is 71.3 Å². The highest BCUT2D eigenvalue weighted by Crippen LogP contribution is 2.26. The van der Waals surface area contributed by atoms with Crippen LogP contribution in [-0.4, -0.2) is 37.2 Å². The molecule has 24 heavy (non-hydrogen) atoms. The van der Waals surface area contributed by atoms with Gasteiger partial charge in [-0.25, -0.2) is 13.6 Å². The van der Waals surface area contributed by atoms with Crippen LogP contribution in [0.5, 0.6) is 0 Å². The summed E-state index contributed by atoms with van der Waals surface area (Å²) in [6.45, 7) is 2.08. The summed E-state index contributed by atoms with van der Waals surface area (Å²) in [6.07, 6.45) is -0.447. The maximum Gasteiger partial charge on any atom is 0.317 e. The SMILES string of the molecule is O=C1NCCN1CCOC(c1ccc(F)cc1)c1ccc(F)cc1. The van der Waals surface area contributed by atoms with Crippen molar-refractivity contribution in [3.8, 4) is 0 Å². The van der Waals surface area contributed by atoms with Crippen molar-refractivity contribution in [2.75, 3.05) is 26.2 Å². The minimum absolute atomic E-state index is 0.0984. The molecule has 3 rings (SSSR count). The lowest BCUT2D eigenvalue weighted by atomic mass is 10.0. The fourth-order valence-electron chi connectivity index (χ4n) is 2.67. The van der Waals surface area contributed by atoms with Crippen LogP contribution in [-0.2, 0) is 4.74 Å². The van der Waals surface area contributed by atoms with E-state index in [0.717, 1.165) is 11.1 Å². The van der Waals surface area contributed by atoms with Crippen molar-refractivity contribution in [1.82, 2.24) is 10.2 Å². The molecule has 2 aromatic rings. The fraction of sp³-hybridized carbons (Fsp3) is 0.278. The first kappa shape index (κ1) is 16.4. The number of hydrogen-bond acceptors (Lipinski definition) is 2. The van der Waals surface area contributed by atoms with Crippen LogP contribution in [0.1, 0.15) is 17.2 Å². The molecule has 2 aromatic carbocycles. The first-order valence-corrected chi connectivity index (χ1v) is 7.79. The second-order valence-electron chi connectivity index (χ2n) is 5.57. The third kappa shape index (κ3) is 3.89. The van der Waals surface area contributed by atoms with Gasteiger partial charge in [0, 0.05) is 19.6 Å². The van der Waals surface area contributed by atoms with Gasteiger partial charge < -0.3 is 15.0 Å². The van der Waals surface area contributed by atoms with Crippen molar-refractivity contribution in [2.24, 2.45) is 0 Å². The molecule has 1 fully saturated rings. The van der Waals surface area contributed by atoms with E-state index in [-0.39, 0.29) is 17.7 Å². The Morgan fingerprint density at radius 3 is 2.00 bits per heavy atom. The minimum atomic E-state index is -0.447. The molecule has 0 atom stereocenters. The minimum Gasteiger partial charge on any atom is -0.367 e. The maximum absolute atomic E-state index is 13.2. The molecule has 1 heterocycles. The predicted octanol–water partition coefficient (Wildman–Crippen LogP) is 3.10. The summed E-state index contributed by atoms with van der Waals surface area (Å²) in [6, 6.07) is 11.9. The zero-order valence-corrected chi connectivity index (χ0v) is 13.0. The molecule has 0 aromatic heterocycles. The van der Waals surface area contributed by atoms with E-state index in [9.17, 15) is 13.6 Å². The number of carbonyl (C=O) groups excluding carboxylic acids is 1. The van der Waals surface area contributed by atoms with E-state index < -0.39 is 6.10 Å². The summed E-state index contributed by atoms with van der Waals surface area (Å²) >= 11 is 0. The van der Waals surface area contributed by atoms with Crippen LogP contribution < -0.4 is 5.32 Å². The first-order valence-electron chi connectivity index (χ1n) is 7.79. The molecule has 126 valence electrons. The van der Waals surface area contributed by atoms with Crippen molar-refractivity contribution in [1.29, 1.82) is 0 Å². The highest BCUT2D eigenvalue weighted by molar-refractivity contribution is 5.76. The average Bonchev–Trinajstić information content (AvgIpc) is 2.99. The van der Waals surface area contributed by atoms with Gasteiger partial charge in [0.1, 0.15) is 17.7 Å². The Bertz CT molecular complexity index is 644. The molecular weight excluding hydrogens is 314 g/mol. The molecule has 2 amide bonds. The lowest BCUT2D eigenvalue weighted by Gasteiger charge is -2.21. The molecule has 0 radical (unpaired) electrons. The van der Waals surface area contributed by atoms with Gasteiger partial charge >= 0.3 is 6.03 Å². The number of benzene rings is 2. The van der Waals surface area contributed by atoms with Crippen LogP contribution in [0.2, 0.25) is 0 Å². The molecule has 0 unspecified atom stereocenters. The third-order valence-electron chi connectivity index (χ3n) is 3.94. The molecular formula is C18H18F2N2O2. The quantitative estimate of drug-likeness (QED) is 0.883. The molecule has 1 N–H and O–H groups in total. The summed E-state index contributed by atoms with van der Waals surface area (Å²) in [4.78, 5) is 13.2. The lowest BCUT2D eigenvalue weighted by Crippen LogP contribution is -2.31. The van der Waals surface area contributed by atoms with Crippen LogP contribution >= 0.6 is 0 Å². The van der Waals surface area contributed by atoms with Crippen molar-refractivity contribution in [2.45, 2.75) is 6.10 Å². The predicted molar refractivity (Wildman–Crippen MR) is 85.6 cm³/mol. The van der Waals surface area contributed by atoms with Crippen molar-refractivity contribution < 1.29 is 18.3 Å². The van der Waals surface area contributed by atoms with E-state index in [1.165, 1.54) is 24.3 Å². The van der Waals surface area contributed by atoms with Gasteiger partial charge in [-0.1, -0.05) is 24.3 Å². The average molecular weight is 332 g/mol. The van der Waals surface area contributed by atoms with Gasteiger partial charge in [-0.15, -0.1) is 0 Å². The first-order chi connectivity index (χ1) is 11.6. The van der Waals surface area contributed by atoms with Gasteiger partial charge in [0.05, 0.1) is 6.61 Å². The molecule has 1 aliphatic heterocycles. The fourth-order valence-corrected chi connectivity index (χ4v) is 2.67. The molecule has 1 aliphatic rings. The number of hydrogen-bond donors (Lipinski definition) is 1. The zero-order valence-electron chi connectivity index (χ0n) is 13.0. The Morgan fingerprint density at radius 1 is 1.00 bits per heavy atom. The van der Waals surface area contributed by atoms with E-state index in [1.54, 1.807) is 29.2 Å². The van der Waals surface area contributed by atoms with Crippen LogP contribution in [0.4, 0.5) is 13.6 Å². The highest BCUT2D eigenvalue weighted by atomic mass is 19.1.